The summed E-state index contributed by atoms with van der Waals surface area (Å²) in [6, 6.07) is 9.29. The molecule has 8 heteroatoms. The molecule has 0 saturated heterocycles. The molecule has 3 aromatic rings. The van der Waals surface area contributed by atoms with Gasteiger partial charge in [0, 0.05) is 18.7 Å². The predicted molar refractivity (Wildman–Crippen MR) is 89.7 cm³/mol. The number of nitrogens with zero attached hydrogens (tertiary/aromatic N) is 3. The van der Waals surface area contributed by atoms with E-state index in [2.05, 4.69) is 25.8 Å². The number of nitrogens with one attached hydrogen (secondary N) is 2. The summed E-state index contributed by atoms with van der Waals surface area (Å²) in [5, 5.41) is 9.42. The highest BCUT2D eigenvalue weighted by molar-refractivity contribution is 6.02. The molecule has 0 bridgehead atoms. The van der Waals surface area contributed by atoms with Crippen molar-refractivity contribution in [2.75, 3.05) is 10.6 Å². The van der Waals surface area contributed by atoms with E-state index >= 15 is 0 Å². The molecule has 0 saturated carbocycles. The minimum Gasteiger partial charge on any atom is -0.366 e. The number of hydrogen-bond acceptors (Lipinski definition) is 6. The number of amides is 1. The molecule has 7 nitrogen and oxygen atoms in total. The third kappa shape index (κ3) is 4.37. The average Bonchev–Trinajstić information content (AvgIpc) is 2.99. The van der Waals surface area contributed by atoms with Crippen LogP contribution < -0.4 is 10.6 Å². The minimum atomic E-state index is -0.413. The quantitative estimate of drug-likeness (QED) is 0.741. The van der Waals surface area contributed by atoms with Crippen LogP contribution in [0.2, 0.25) is 0 Å². The summed E-state index contributed by atoms with van der Waals surface area (Å²) in [5.74, 6) is 1.16. The summed E-state index contributed by atoms with van der Waals surface area (Å²) in [7, 11) is 0. The summed E-state index contributed by atoms with van der Waals surface area (Å²) in [5.41, 5.74) is 1.09. The van der Waals surface area contributed by atoms with E-state index in [0.717, 1.165) is 5.56 Å². The molecule has 2 N–H and O–H groups in total. The van der Waals surface area contributed by atoms with Crippen LogP contribution in [0.1, 0.15) is 27.6 Å². The molecule has 0 aliphatic rings. The Hall–Kier alpha value is -3.29. The molecule has 0 radical (unpaired) electrons. The Morgan fingerprint density at radius 2 is 1.88 bits per heavy atom. The van der Waals surface area contributed by atoms with Gasteiger partial charge in [-0.15, -0.1) is 0 Å². The predicted octanol–water partition coefficient (Wildman–Crippen LogP) is 3.08. The van der Waals surface area contributed by atoms with Crippen molar-refractivity contribution in [2.45, 2.75) is 20.4 Å². The van der Waals surface area contributed by atoms with Crippen molar-refractivity contribution in [2.24, 2.45) is 0 Å². The van der Waals surface area contributed by atoms with Crippen molar-refractivity contribution in [1.29, 1.82) is 0 Å². The van der Waals surface area contributed by atoms with E-state index in [0.29, 0.717) is 29.8 Å². The Bertz CT molecular complexity index is 892. The lowest BCUT2D eigenvalue weighted by Gasteiger charge is -2.08. The molecule has 2 heterocycles. The van der Waals surface area contributed by atoms with Crippen LogP contribution in [-0.4, -0.2) is 21.0 Å². The lowest BCUT2D eigenvalue weighted by molar-refractivity contribution is 0.102. The summed E-state index contributed by atoms with van der Waals surface area (Å²) in [6.45, 7) is 3.87. The third-order valence-electron chi connectivity index (χ3n) is 3.33. The first kappa shape index (κ1) is 16.6. The summed E-state index contributed by atoms with van der Waals surface area (Å²) in [6.07, 6.45) is 0. The number of aryl methyl sites for hydroxylation is 2. The van der Waals surface area contributed by atoms with Crippen LogP contribution in [-0.2, 0) is 6.54 Å². The van der Waals surface area contributed by atoms with Crippen LogP contribution in [0.15, 0.2) is 40.9 Å². The molecule has 0 unspecified atom stereocenters. The van der Waals surface area contributed by atoms with E-state index < -0.39 is 5.91 Å². The molecule has 0 spiro atoms. The lowest BCUT2D eigenvalue weighted by Crippen LogP contribution is -2.16. The van der Waals surface area contributed by atoms with Gasteiger partial charge in [0.1, 0.15) is 28.9 Å². The highest BCUT2D eigenvalue weighted by atomic mass is 19.1. The van der Waals surface area contributed by atoms with Gasteiger partial charge in [-0.2, -0.15) is 0 Å². The Morgan fingerprint density at radius 1 is 1.12 bits per heavy atom. The van der Waals surface area contributed by atoms with Gasteiger partial charge < -0.3 is 15.2 Å². The molecule has 128 valence electrons. The van der Waals surface area contributed by atoms with Gasteiger partial charge in [-0.3, -0.25) is 4.79 Å². The number of benzene rings is 1. The molecule has 0 aliphatic carbocycles. The van der Waals surface area contributed by atoms with Gasteiger partial charge in [-0.1, -0.05) is 17.3 Å². The molecule has 25 heavy (non-hydrogen) atoms. The fraction of sp³-hybridized carbons (Fsp3) is 0.176. The van der Waals surface area contributed by atoms with Gasteiger partial charge >= 0.3 is 0 Å². The number of halogens is 1. The summed E-state index contributed by atoms with van der Waals surface area (Å²) >= 11 is 0. The number of aromatic nitrogens is 3. The highest BCUT2D eigenvalue weighted by Crippen LogP contribution is 2.12. The first-order valence-corrected chi connectivity index (χ1v) is 7.58. The fourth-order valence-corrected chi connectivity index (χ4v) is 2.18. The minimum absolute atomic E-state index is 0.203. The monoisotopic (exact) mass is 341 g/mol. The largest absolute Gasteiger partial charge is 0.366 e. The van der Waals surface area contributed by atoms with E-state index in [9.17, 15) is 9.18 Å². The van der Waals surface area contributed by atoms with Gasteiger partial charge in [0.05, 0.1) is 0 Å². The summed E-state index contributed by atoms with van der Waals surface area (Å²) in [4.78, 5) is 20.7. The van der Waals surface area contributed by atoms with Crippen molar-refractivity contribution in [3.05, 3.63) is 65.1 Å². The number of carbonyl (C=O) groups is 1. The van der Waals surface area contributed by atoms with Gasteiger partial charge in [0.25, 0.3) is 5.91 Å². The maximum Gasteiger partial charge on any atom is 0.275 e. The Kier molecular flexibility index (Phi) is 4.69. The van der Waals surface area contributed by atoms with E-state index in [1.807, 2.05) is 0 Å². The number of anilines is 2. The van der Waals surface area contributed by atoms with E-state index in [1.165, 1.54) is 12.1 Å². The van der Waals surface area contributed by atoms with Gasteiger partial charge in [0.2, 0.25) is 0 Å². The molecule has 1 amide bonds. The van der Waals surface area contributed by atoms with Crippen molar-refractivity contribution >= 4 is 17.5 Å². The van der Waals surface area contributed by atoms with Crippen LogP contribution in [0.25, 0.3) is 0 Å². The second kappa shape index (κ2) is 7.08. The number of rotatable bonds is 5. The maximum atomic E-state index is 12.9. The fourth-order valence-electron chi connectivity index (χ4n) is 2.18. The van der Waals surface area contributed by atoms with Crippen LogP contribution in [0.3, 0.4) is 0 Å². The van der Waals surface area contributed by atoms with Crippen molar-refractivity contribution in [3.8, 4) is 0 Å². The van der Waals surface area contributed by atoms with Crippen LogP contribution >= 0.6 is 0 Å². The van der Waals surface area contributed by atoms with Gasteiger partial charge in [-0.25, -0.2) is 14.4 Å². The summed E-state index contributed by atoms with van der Waals surface area (Å²) < 4.78 is 17.8. The standard InChI is InChI=1S/C17H16FN5O2/c1-10-7-16(23-25-10)22-17(24)14-8-15(21-11(2)20-14)19-9-12-3-5-13(18)6-4-12/h3-8H,9H2,1-2H3,(H,19,20,21)(H,22,23,24). The molecule has 0 fully saturated rings. The van der Waals surface area contributed by atoms with E-state index in [1.54, 1.807) is 38.1 Å². The third-order valence-corrected chi connectivity index (χ3v) is 3.33. The van der Waals surface area contributed by atoms with Crippen molar-refractivity contribution in [1.82, 2.24) is 15.1 Å². The lowest BCUT2D eigenvalue weighted by atomic mass is 10.2. The zero-order valence-corrected chi connectivity index (χ0v) is 13.7. The van der Waals surface area contributed by atoms with Gasteiger partial charge in [-0.05, 0) is 31.5 Å². The molecular formula is C17H16FN5O2. The normalized spacial score (nSPS) is 10.5. The highest BCUT2D eigenvalue weighted by Gasteiger charge is 2.13. The SMILES string of the molecule is Cc1nc(NCc2ccc(F)cc2)cc(C(=O)Nc2cc(C)on2)n1. The second-order valence-electron chi connectivity index (χ2n) is 5.44. The topological polar surface area (TPSA) is 92.9 Å². The Morgan fingerprint density at radius 3 is 2.56 bits per heavy atom. The van der Waals surface area contributed by atoms with Gasteiger partial charge in [0.15, 0.2) is 5.82 Å². The molecule has 3 rings (SSSR count). The zero-order chi connectivity index (χ0) is 17.8. The molecular weight excluding hydrogens is 325 g/mol. The first-order valence-electron chi connectivity index (χ1n) is 7.58. The smallest absolute Gasteiger partial charge is 0.275 e. The Labute approximate surface area is 143 Å². The number of carbonyl (C=O) groups excluding carboxylic acids is 1. The zero-order valence-electron chi connectivity index (χ0n) is 13.7. The van der Waals surface area contributed by atoms with Crippen molar-refractivity contribution in [3.63, 3.8) is 0 Å². The number of hydrogen-bond donors (Lipinski definition) is 2. The van der Waals surface area contributed by atoms with Crippen LogP contribution in [0.4, 0.5) is 16.0 Å². The van der Waals surface area contributed by atoms with Crippen LogP contribution in [0.5, 0.6) is 0 Å². The molecule has 0 aliphatic heterocycles. The van der Waals surface area contributed by atoms with Crippen molar-refractivity contribution < 1.29 is 13.7 Å². The average molecular weight is 341 g/mol. The van der Waals surface area contributed by atoms with Crippen LogP contribution in [0, 0.1) is 19.7 Å². The second-order valence-corrected chi connectivity index (χ2v) is 5.44. The molecule has 2 aromatic heterocycles. The Balaban J connectivity index is 1.71. The van der Waals surface area contributed by atoms with E-state index in [-0.39, 0.29) is 11.5 Å². The molecule has 1 aromatic carbocycles. The first-order chi connectivity index (χ1) is 12.0. The maximum absolute atomic E-state index is 12.9. The van der Waals surface area contributed by atoms with E-state index in [4.69, 9.17) is 4.52 Å². The molecule has 0 atom stereocenters.